The van der Waals surface area contributed by atoms with Crippen molar-refractivity contribution in [2.24, 2.45) is 23.7 Å². The summed E-state index contributed by atoms with van der Waals surface area (Å²) >= 11 is 0. The van der Waals surface area contributed by atoms with Crippen LogP contribution in [0.25, 0.3) is 44.6 Å². The first-order chi connectivity index (χ1) is 27.5. The number of imidazole rings is 1. The molecule has 296 valence electrons. The number of hydrogen-bond acceptors (Lipinski definition) is 13. The SMILES string of the molecule is COc1ccc(-c2c3ccc(=O)cc-3oc3cc(OP(=O)(O)OC[C@H]4O[C@@H](n5cnc6c(NC7C8CC9CC(C8)CC7C9)ncnc65)[C@H](O)[C@@H]4O)ccc23)c(C)c1. The number of rotatable bonds is 10. The third-order valence-electron chi connectivity index (χ3n) is 12.5. The molecule has 1 saturated heterocycles. The van der Waals surface area contributed by atoms with Gasteiger partial charge in [-0.2, -0.15) is 0 Å². The maximum absolute atomic E-state index is 13.3. The summed E-state index contributed by atoms with van der Waals surface area (Å²) in [4.78, 5) is 36.7. The number of benzene rings is 3. The summed E-state index contributed by atoms with van der Waals surface area (Å²) in [6.45, 7) is 1.37. The van der Waals surface area contributed by atoms with Gasteiger partial charge in [-0.1, -0.05) is 6.07 Å². The third-order valence-corrected chi connectivity index (χ3v) is 13.4. The molecule has 11 rings (SSSR count). The van der Waals surface area contributed by atoms with Gasteiger partial charge in [-0.15, -0.1) is 0 Å². The molecule has 7 aliphatic rings. The molecule has 2 aromatic carbocycles. The van der Waals surface area contributed by atoms with Crippen molar-refractivity contribution in [2.45, 2.75) is 69.6 Å². The maximum atomic E-state index is 13.3. The number of aliphatic hydroxyl groups is 2. The molecule has 4 bridgehead atoms. The first-order valence-electron chi connectivity index (χ1n) is 19.3. The van der Waals surface area contributed by atoms with Crippen molar-refractivity contribution >= 4 is 35.8 Å². The summed E-state index contributed by atoms with van der Waals surface area (Å²) in [7, 11) is -3.22. The van der Waals surface area contributed by atoms with E-state index in [0.29, 0.717) is 62.9 Å². The number of nitrogens with one attached hydrogen (secondary N) is 1. The lowest BCUT2D eigenvalue weighted by atomic mass is 9.54. The number of anilines is 1. The molecule has 16 heteroatoms. The second-order valence-corrected chi connectivity index (χ2v) is 17.4. The van der Waals surface area contributed by atoms with Crippen LogP contribution in [0.4, 0.5) is 5.82 Å². The highest BCUT2D eigenvalue weighted by atomic mass is 31.2. The first-order valence-corrected chi connectivity index (χ1v) is 20.8. The number of fused-ring (bicyclic) bond motifs is 3. The smallest absolute Gasteiger partial charge is 0.497 e. The number of methoxy groups -OCH3 is 1. The fraction of sp³-hybridized carbons (Fsp3) is 0.415. The summed E-state index contributed by atoms with van der Waals surface area (Å²) in [5.74, 6) is 4.50. The lowest BCUT2D eigenvalue weighted by Crippen LogP contribution is -2.51. The summed E-state index contributed by atoms with van der Waals surface area (Å²) in [5, 5.41) is 26.4. The molecular weight excluding hydrogens is 753 g/mol. The number of hydrogen-bond donors (Lipinski definition) is 4. The fourth-order valence-corrected chi connectivity index (χ4v) is 10.9. The van der Waals surface area contributed by atoms with E-state index in [4.69, 9.17) is 22.9 Å². The lowest BCUT2D eigenvalue weighted by Gasteiger charge is -2.54. The predicted octanol–water partition coefficient (Wildman–Crippen LogP) is 6.07. The van der Waals surface area contributed by atoms with Gasteiger partial charge in [-0.05, 0) is 110 Å². The standard InChI is InChI=1S/C41H42N5O10P/c1-20-9-26(52-2)4-7-28(20)34-29-6-3-25(47)15-31(29)54-32-16-27(5-8-30(32)34)56-57(50,51)53-17-33-37(48)38(49)41(55-33)46-19-44-36-39(42-18-43-40(36)46)45-35-23-11-21-10-22(13-23)14-24(35)12-21/h3-9,15-16,18-19,21-24,33,35,37-38,41,48-49H,10-14,17H2,1-2H3,(H,50,51)(H,42,43,45)/t21?,22?,23?,24?,33-,35?,37-,38-,41-/m1/s1. The number of aromatic nitrogens is 4. The van der Waals surface area contributed by atoms with E-state index in [0.717, 1.165) is 28.5 Å². The topological polar surface area (TPSA) is 201 Å². The van der Waals surface area contributed by atoms with Crippen LogP contribution in [0, 0.1) is 30.6 Å². The van der Waals surface area contributed by atoms with Crippen LogP contribution in [0.2, 0.25) is 0 Å². The van der Waals surface area contributed by atoms with Gasteiger partial charge < -0.3 is 33.9 Å². The molecule has 57 heavy (non-hydrogen) atoms. The molecule has 4 aromatic rings. The van der Waals surface area contributed by atoms with E-state index in [-0.39, 0.29) is 11.2 Å². The minimum absolute atomic E-state index is 0.0412. The Morgan fingerprint density at radius 2 is 1.67 bits per heavy atom. The van der Waals surface area contributed by atoms with Gasteiger partial charge in [0, 0.05) is 34.7 Å². The molecule has 5 fully saturated rings. The average molecular weight is 796 g/mol. The first kappa shape index (κ1) is 36.5. The van der Waals surface area contributed by atoms with Crippen LogP contribution in [0.3, 0.4) is 0 Å². The molecule has 0 spiro atoms. The zero-order valence-electron chi connectivity index (χ0n) is 31.2. The van der Waals surface area contributed by atoms with Crippen molar-refractivity contribution in [1.29, 1.82) is 0 Å². The van der Waals surface area contributed by atoms with Gasteiger partial charge in [0.1, 0.15) is 47.5 Å². The summed E-state index contributed by atoms with van der Waals surface area (Å²) < 4.78 is 43.1. The fourth-order valence-electron chi connectivity index (χ4n) is 10.1. The Morgan fingerprint density at radius 1 is 0.912 bits per heavy atom. The van der Waals surface area contributed by atoms with E-state index < -0.39 is 39.0 Å². The molecule has 4 saturated carbocycles. The number of nitrogens with zero attached hydrogens (tertiary/aromatic N) is 4. The molecule has 0 radical (unpaired) electrons. The van der Waals surface area contributed by atoms with Gasteiger partial charge >= 0.3 is 7.82 Å². The van der Waals surface area contributed by atoms with Gasteiger partial charge in [-0.3, -0.25) is 18.8 Å². The number of aryl methyl sites for hydroxylation is 1. The molecule has 0 amide bonds. The van der Waals surface area contributed by atoms with E-state index in [9.17, 15) is 24.5 Å². The van der Waals surface area contributed by atoms with E-state index in [1.165, 1.54) is 73.6 Å². The van der Waals surface area contributed by atoms with Gasteiger partial charge in [-0.25, -0.2) is 19.5 Å². The molecule has 5 aliphatic carbocycles. The quantitative estimate of drug-likeness (QED) is 0.0919. The van der Waals surface area contributed by atoms with Gasteiger partial charge in [0.2, 0.25) is 0 Å². The highest BCUT2D eigenvalue weighted by Gasteiger charge is 2.49. The van der Waals surface area contributed by atoms with Crippen LogP contribution in [-0.2, 0) is 13.8 Å². The zero-order valence-corrected chi connectivity index (χ0v) is 32.1. The summed E-state index contributed by atoms with van der Waals surface area (Å²) in [6, 6.07) is 15.2. The minimum Gasteiger partial charge on any atom is -0.497 e. The molecule has 4 heterocycles. The minimum atomic E-state index is -4.81. The summed E-state index contributed by atoms with van der Waals surface area (Å²) in [6.07, 6.45) is 4.05. The number of phosphoric acid groups is 1. The Bertz CT molecular complexity index is 2570. The Kier molecular flexibility index (Phi) is 8.88. The molecule has 2 aliphatic heterocycles. The van der Waals surface area contributed by atoms with Crippen molar-refractivity contribution in [3.63, 3.8) is 0 Å². The van der Waals surface area contributed by atoms with Crippen LogP contribution in [0.5, 0.6) is 11.5 Å². The molecular formula is C41H42N5O10P. The van der Waals surface area contributed by atoms with Crippen LogP contribution >= 0.6 is 7.82 Å². The van der Waals surface area contributed by atoms with Crippen LogP contribution < -0.4 is 20.0 Å². The summed E-state index contributed by atoms with van der Waals surface area (Å²) in [5.41, 5.74) is 4.31. The Hall–Kier alpha value is -4.89. The Morgan fingerprint density at radius 3 is 2.42 bits per heavy atom. The monoisotopic (exact) mass is 795 g/mol. The molecule has 5 atom stereocenters. The maximum Gasteiger partial charge on any atom is 0.527 e. The Labute approximate surface area is 326 Å². The normalized spacial score (nSPS) is 29.0. The van der Waals surface area contributed by atoms with E-state index in [1.54, 1.807) is 19.2 Å². The van der Waals surface area contributed by atoms with Gasteiger partial charge in [0.15, 0.2) is 28.6 Å². The predicted molar refractivity (Wildman–Crippen MR) is 208 cm³/mol. The van der Waals surface area contributed by atoms with Crippen molar-refractivity contribution in [3.8, 4) is 33.9 Å². The molecule has 15 nitrogen and oxygen atoms in total. The van der Waals surface area contributed by atoms with Crippen molar-refractivity contribution in [2.75, 3.05) is 19.0 Å². The van der Waals surface area contributed by atoms with Crippen molar-refractivity contribution in [3.05, 3.63) is 83.0 Å². The molecule has 1 unspecified atom stereocenters. The van der Waals surface area contributed by atoms with Gasteiger partial charge in [0.05, 0.1) is 20.0 Å². The Balaban J connectivity index is 0.854. The molecule has 2 aromatic heterocycles. The second-order valence-electron chi connectivity index (χ2n) is 16.0. The van der Waals surface area contributed by atoms with Crippen LogP contribution in [-0.4, -0.2) is 72.7 Å². The van der Waals surface area contributed by atoms with Crippen LogP contribution in [0.15, 0.2) is 76.5 Å². The van der Waals surface area contributed by atoms with E-state index in [1.807, 2.05) is 25.1 Å². The highest BCUT2D eigenvalue weighted by Crippen LogP contribution is 2.54. The largest absolute Gasteiger partial charge is 0.527 e. The van der Waals surface area contributed by atoms with Crippen LogP contribution in [0.1, 0.15) is 43.9 Å². The lowest BCUT2D eigenvalue weighted by molar-refractivity contribution is -0.0501. The highest BCUT2D eigenvalue weighted by molar-refractivity contribution is 7.47. The second kappa shape index (κ2) is 13.9. The molecule has 4 N–H and O–H groups in total. The van der Waals surface area contributed by atoms with E-state index in [2.05, 4.69) is 20.3 Å². The zero-order chi connectivity index (χ0) is 39.2. The average Bonchev–Trinajstić information content (AvgIpc) is 3.74. The third kappa shape index (κ3) is 6.46. The van der Waals surface area contributed by atoms with Crippen molar-refractivity contribution < 1.29 is 42.6 Å². The van der Waals surface area contributed by atoms with Crippen molar-refractivity contribution in [1.82, 2.24) is 19.5 Å². The van der Waals surface area contributed by atoms with Gasteiger partial charge in [0.25, 0.3) is 0 Å². The van der Waals surface area contributed by atoms with E-state index >= 15 is 0 Å². The number of ether oxygens (including phenoxy) is 2. The number of phosphoric ester groups is 1. The number of aliphatic hydroxyl groups excluding tert-OH is 2.